The second-order valence-electron chi connectivity index (χ2n) is 4.07. The number of carbonyl (C=O) groups excluding carboxylic acids is 3. The third-order valence-corrected chi connectivity index (χ3v) is 3.28. The lowest BCUT2D eigenvalue weighted by molar-refractivity contribution is -0.160. The van der Waals surface area contributed by atoms with Crippen molar-refractivity contribution in [2.24, 2.45) is 0 Å². The molecule has 1 saturated heterocycles. The normalized spacial score (nSPS) is 20.9. The molecule has 1 fully saturated rings. The van der Waals surface area contributed by atoms with Crippen LogP contribution in [0, 0.1) is 0 Å². The molecule has 0 spiro atoms. The number of hydrogen-bond acceptors (Lipinski definition) is 6. The molecular weight excluding hydrogens is 242 g/mol. The van der Waals surface area contributed by atoms with Gasteiger partial charge >= 0.3 is 11.9 Å². The van der Waals surface area contributed by atoms with E-state index in [9.17, 15) is 14.4 Å². The summed E-state index contributed by atoms with van der Waals surface area (Å²) in [7, 11) is 0. The minimum Gasteiger partial charge on any atom is -0.392 e. The summed E-state index contributed by atoms with van der Waals surface area (Å²) in [5.74, 6) is -1.07. The van der Waals surface area contributed by atoms with E-state index in [0.717, 1.165) is 24.7 Å². The van der Waals surface area contributed by atoms with Gasteiger partial charge in [0.25, 0.3) is 0 Å². The second kappa shape index (κ2) is 6.76. The Labute approximate surface area is 105 Å². The fraction of sp³-hybridized carbons (Fsp3) is 0.727. The predicted molar refractivity (Wildman–Crippen MR) is 64.5 cm³/mol. The summed E-state index contributed by atoms with van der Waals surface area (Å²) in [6, 6.07) is -0.352. The van der Waals surface area contributed by atoms with Gasteiger partial charge in [0, 0.05) is 12.2 Å². The van der Waals surface area contributed by atoms with Crippen LogP contribution < -0.4 is 5.32 Å². The van der Waals surface area contributed by atoms with Crippen molar-refractivity contribution in [3.8, 4) is 0 Å². The largest absolute Gasteiger partial charge is 0.392 e. The standard InChI is InChI=1S/C11H17NO4S/c1-7(17-8(2)13)6-10(14)16-11(15)9-4-3-5-12-9/h7,9,12H,3-6H2,1-2H3/t7?,9-/m0/s1. The van der Waals surface area contributed by atoms with Gasteiger partial charge in [-0.3, -0.25) is 9.59 Å². The van der Waals surface area contributed by atoms with Crippen molar-refractivity contribution < 1.29 is 19.1 Å². The van der Waals surface area contributed by atoms with Crippen molar-refractivity contribution in [1.29, 1.82) is 0 Å². The van der Waals surface area contributed by atoms with E-state index < -0.39 is 11.9 Å². The smallest absolute Gasteiger partial charge is 0.330 e. The summed E-state index contributed by atoms with van der Waals surface area (Å²) in [6.07, 6.45) is 1.71. The highest BCUT2D eigenvalue weighted by Gasteiger charge is 2.26. The van der Waals surface area contributed by atoms with Crippen LogP contribution in [0.25, 0.3) is 0 Å². The highest BCUT2D eigenvalue weighted by atomic mass is 32.2. The van der Waals surface area contributed by atoms with Gasteiger partial charge in [-0.05, 0) is 19.4 Å². The van der Waals surface area contributed by atoms with Gasteiger partial charge in [0.2, 0.25) is 0 Å². The zero-order valence-corrected chi connectivity index (χ0v) is 10.8. The maximum absolute atomic E-state index is 11.5. The number of esters is 2. The monoisotopic (exact) mass is 259 g/mol. The van der Waals surface area contributed by atoms with Crippen LogP contribution in [0.5, 0.6) is 0 Å². The molecule has 1 aliphatic heterocycles. The molecular formula is C11H17NO4S. The summed E-state index contributed by atoms with van der Waals surface area (Å²) in [6.45, 7) is 3.98. The third kappa shape index (κ3) is 5.32. The van der Waals surface area contributed by atoms with Crippen LogP contribution in [-0.2, 0) is 19.1 Å². The molecule has 5 nitrogen and oxygen atoms in total. The van der Waals surface area contributed by atoms with E-state index >= 15 is 0 Å². The maximum Gasteiger partial charge on any atom is 0.330 e. The lowest BCUT2D eigenvalue weighted by atomic mass is 10.2. The average molecular weight is 259 g/mol. The first kappa shape index (κ1) is 14.2. The zero-order chi connectivity index (χ0) is 12.8. The minimum atomic E-state index is -0.565. The van der Waals surface area contributed by atoms with Crippen LogP contribution in [0.15, 0.2) is 0 Å². The fourth-order valence-electron chi connectivity index (χ4n) is 1.67. The molecule has 1 N–H and O–H groups in total. The Balaban J connectivity index is 2.28. The lowest BCUT2D eigenvalue weighted by Gasteiger charge is -2.10. The highest BCUT2D eigenvalue weighted by molar-refractivity contribution is 8.14. The van der Waals surface area contributed by atoms with Crippen molar-refractivity contribution in [2.45, 2.75) is 44.4 Å². The van der Waals surface area contributed by atoms with E-state index in [-0.39, 0.29) is 22.8 Å². The molecule has 0 radical (unpaired) electrons. The first-order chi connectivity index (χ1) is 7.99. The molecule has 0 aromatic carbocycles. The summed E-state index contributed by atoms with van der Waals surface area (Å²) in [5, 5.41) is 2.75. The molecule has 1 heterocycles. The van der Waals surface area contributed by atoms with Gasteiger partial charge in [-0.2, -0.15) is 0 Å². The summed E-state index contributed by atoms with van der Waals surface area (Å²) >= 11 is 1.08. The summed E-state index contributed by atoms with van der Waals surface area (Å²) in [5.41, 5.74) is 0. The Morgan fingerprint density at radius 2 is 2.18 bits per heavy atom. The van der Waals surface area contributed by atoms with Gasteiger partial charge in [-0.15, -0.1) is 0 Å². The molecule has 0 aromatic rings. The van der Waals surface area contributed by atoms with Gasteiger partial charge in [0.1, 0.15) is 6.04 Å². The van der Waals surface area contributed by atoms with E-state index in [2.05, 4.69) is 5.32 Å². The van der Waals surface area contributed by atoms with E-state index in [1.165, 1.54) is 6.92 Å². The number of carbonyl (C=O) groups is 3. The van der Waals surface area contributed by atoms with Crippen LogP contribution in [0.1, 0.15) is 33.1 Å². The van der Waals surface area contributed by atoms with Crippen LogP contribution in [0.2, 0.25) is 0 Å². The first-order valence-corrected chi connectivity index (χ1v) is 6.52. The predicted octanol–water partition coefficient (Wildman–Crippen LogP) is 0.866. The maximum atomic E-state index is 11.5. The fourth-order valence-corrected chi connectivity index (χ4v) is 2.46. The second-order valence-corrected chi connectivity index (χ2v) is 5.68. The van der Waals surface area contributed by atoms with Crippen molar-refractivity contribution in [3.63, 3.8) is 0 Å². The molecule has 0 amide bonds. The Morgan fingerprint density at radius 3 is 2.71 bits per heavy atom. The van der Waals surface area contributed by atoms with Gasteiger partial charge in [0.15, 0.2) is 5.12 Å². The van der Waals surface area contributed by atoms with E-state index in [4.69, 9.17) is 4.74 Å². The molecule has 0 aromatic heterocycles. The SMILES string of the molecule is CC(=O)SC(C)CC(=O)OC(=O)[C@@H]1CCCN1. The number of hydrogen-bond donors (Lipinski definition) is 1. The number of nitrogens with one attached hydrogen (secondary N) is 1. The quantitative estimate of drug-likeness (QED) is 0.596. The Morgan fingerprint density at radius 1 is 1.47 bits per heavy atom. The van der Waals surface area contributed by atoms with E-state index in [0.29, 0.717) is 6.42 Å². The molecule has 0 saturated carbocycles. The molecule has 6 heteroatoms. The summed E-state index contributed by atoms with van der Waals surface area (Å²) < 4.78 is 4.72. The van der Waals surface area contributed by atoms with Crippen molar-refractivity contribution >= 4 is 28.8 Å². The molecule has 17 heavy (non-hydrogen) atoms. The molecule has 0 bridgehead atoms. The average Bonchev–Trinajstić information content (AvgIpc) is 2.67. The Hall–Kier alpha value is -0.880. The van der Waals surface area contributed by atoms with Crippen LogP contribution in [-0.4, -0.2) is 34.9 Å². The van der Waals surface area contributed by atoms with Gasteiger partial charge in [0.05, 0.1) is 6.42 Å². The molecule has 0 aliphatic carbocycles. The van der Waals surface area contributed by atoms with E-state index in [1.807, 2.05) is 0 Å². The van der Waals surface area contributed by atoms with Crippen molar-refractivity contribution in [2.75, 3.05) is 6.54 Å². The van der Waals surface area contributed by atoms with Crippen LogP contribution >= 0.6 is 11.8 Å². The van der Waals surface area contributed by atoms with Crippen molar-refractivity contribution in [1.82, 2.24) is 5.32 Å². The lowest BCUT2D eigenvalue weighted by Crippen LogP contribution is -2.34. The molecule has 1 unspecified atom stereocenters. The van der Waals surface area contributed by atoms with Gasteiger partial charge < -0.3 is 10.1 Å². The van der Waals surface area contributed by atoms with Crippen LogP contribution in [0.3, 0.4) is 0 Å². The van der Waals surface area contributed by atoms with Gasteiger partial charge in [-0.1, -0.05) is 18.7 Å². The Bertz CT molecular complexity index is 313. The number of rotatable bonds is 4. The van der Waals surface area contributed by atoms with Crippen LogP contribution in [0.4, 0.5) is 0 Å². The topological polar surface area (TPSA) is 72.5 Å². The highest BCUT2D eigenvalue weighted by Crippen LogP contribution is 2.15. The third-order valence-electron chi connectivity index (χ3n) is 2.38. The van der Waals surface area contributed by atoms with Crippen molar-refractivity contribution in [3.05, 3.63) is 0 Å². The Kier molecular flexibility index (Phi) is 5.64. The van der Waals surface area contributed by atoms with E-state index in [1.54, 1.807) is 6.92 Å². The first-order valence-electron chi connectivity index (χ1n) is 5.64. The molecule has 1 rings (SSSR count). The summed E-state index contributed by atoms with van der Waals surface area (Å²) in [4.78, 5) is 33.7. The number of ether oxygens (including phenoxy) is 1. The molecule has 96 valence electrons. The number of thioether (sulfide) groups is 1. The zero-order valence-electron chi connectivity index (χ0n) is 10.0. The molecule has 1 aliphatic rings. The minimum absolute atomic E-state index is 0.0471. The molecule has 2 atom stereocenters. The van der Waals surface area contributed by atoms with Gasteiger partial charge in [-0.25, -0.2) is 4.79 Å².